The van der Waals surface area contributed by atoms with E-state index in [-0.39, 0.29) is 12.5 Å². The van der Waals surface area contributed by atoms with Gasteiger partial charge in [0.1, 0.15) is 5.75 Å². The van der Waals surface area contributed by atoms with E-state index in [0.29, 0.717) is 6.54 Å². The van der Waals surface area contributed by atoms with Crippen LogP contribution in [0.1, 0.15) is 5.56 Å². The molecule has 2 aromatic carbocycles. The van der Waals surface area contributed by atoms with Gasteiger partial charge in [-0.3, -0.25) is 4.79 Å². The standard InChI is InChI=1S/C16H17BrN2O2/c1-21-15-7-2-4-12(8-15)10-18-11-16(20)19-14-6-3-5-13(17)9-14/h2-9,18H,10-11H2,1H3,(H,19,20). The SMILES string of the molecule is COc1cccc(CNCC(=O)Nc2cccc(Br)c2)c1. The first-order valence-corrected chi connectivity index (χ1v) is 7.36. The van der Waals surface area contributed by atoms with Crippen LogP contribution in [-0.4, -0.2) is 19.6 Å². The number of ether oxygens (including phenoxy) is 1. The van der Waals surface area contributed by atoms with Crippen LogP contribution in [0.2, 0.25) is 0 Å². The van der Waals surface area contributed by atoms with Crippen LogP contribution in [0.15, 0.2) is 53.0 Å². The average Bonchev–Trinajstić information content (AvgIpc) is 2.47. The second-order valence-corrected chi connectivity index (χ2v) is 5.43. The lowest BCUT2D eigenvalue weighted by Crippen LogP contribution is -2.27. The molecule has 2 aromatic rings. The number of methoxy groups -OCH3 is 1. The first kappa shape index (κ1) is 15.5. The Hall–Kier alpha value is -1.85. The van der Waals surface area contributed by atoms with Crippen molar-refractivity contribution in [2.45, 2.75) is 6.54 Å². The van der Waals surface area contributed by atoms with Crippen LogP contribution in [0.25, 0.3) is 0 Å². The number of nitrogens with one attached hydrogen (secondary N) is 2. The van der Waals surface area contributed by atoms with Crippen LogP contribution in [0.4, 0.5) is 5.69 Å². The zero-order chi connectivity index (χ0) is 15.1. The molecule has 0 heterocycles. The summed E-state index contributed by atoms with van der Waals surface area (Å²) < 4.78 is 6.10. The summed E-state index contributed by atoms with van der Waals surface area (Å²) in [5, 5.41) is 5.94. The molecule has 0 aliphatic rings. The van der Waals surface area contributed by atoms with Crippen molar-refractivity contribution >= 4 is 27.5 Å². The van der Waals surface area contributed by atoms with Gasteiger partial charge in [0.05, 0.1) is 13.7 Å². The molecule has 0 aliphatic heterocycles. The molecular weight excluding hydrogens is 332 g/mol. The van der Waals surface area contributed by atoms with Crippen molar-refractivity contribution in [1.82, 2.24) is 5.32 Å². The minimum atomic E-state index is -0.0732. The van der Waals surface area contributed by atoms with E-state index in [9.17, 15) is 4.79 Å². The second kappa shape index (κ2) is 7.81. The van der Waals surface area contributed by atoms with Crippen molar-refractivity contribution in [1.29, 1.82) is 0 Å². The average molecular weight is 349 g/mol. The smallest absolute Gasteiger partial charge is 0.238 e. The summed E-state index contributed by atoms with van der Waals surface area (Å²) in [6.45, 7) is 0.868. The molecule has 0 saturated carbocycles. The summed E-state index contributed by atoms with van der Waals surface area (Å²) in [5.41, 5.74) is 1.85. The maximum Gasteiger partial charge on any atom is 0.238 e. The molecule has 0 spiro atoms. The fraction of sp³-hybridized carbons (Fsp3) is 0.188. The quantitative estimate of drug-likeness (QED) is 0.842. The monoisotopic (exact) mass is 348 g/mol. The van der Waals surface area contributed by atoms with Gasteiger partial charge < -0.3 is 15.4 Å². The third-order valence-electron chi connectivity index (χ3n) is 2.86. The Morgan fingerprint density at radius 1 is 1.19 bits per heavy atom. The first-order chi connectivity index (χ1) is 10.2. The van der Waals surface area contributed by atoms with Crippen molar-refractivity contribution in [3.8, 4) is 5.75 Å². The molecule has 0 fully saturated rings. The Kier molecular flexibility index (Phi) is 5.78. The highest BCUT2D eigenvalue weighted by molar-refractivity contribution is 9.10. The van der Waals surface area contributed by atoms with E-state index >= 15 is 0 Å². The Morgan fingerprint density at radius 3 is 2.76 bits per heavy atom. The number of halogens is 1. The molecule has 0 aliphatic carbocycles. The Morgan fingerprint density at radius 2 is 2.00 bits per heavy atom. The van der Waals surface area contributed by atoms with Gasteiger partial charge in [-0.2, -0.15) is 0 Å². The third kappa shape index (κ3) is 5.21. The van der Waals surface area contributed by atoms with Gasteiger partial charge in [0.2, 0.25) is 5.91 Å². The molecule has 5 heteroatoms. The van der Waals surface area contributed by atoms with Crippen LogP contribution < -0.4 is 15.4 Å². The topological polar surface area (TPSA) is 50.4 Å². The van der Waals surface area contributed by atoms with Gasteiger partial charge in [-0.25, -0.2) is 0 Å². The maximum absolute atomic E-state index is 11.8. The number of carbonyl (C=O) groups is 1. The summed E-state index contributed by atoms with van der Waals surface area (Å²) in [5.74, 6) is 0.740. The van der Waals surface area contributed by atoms with Crippen LogP contribution in [-0.2, 0) is 11.3 Å². The number of rotatable bonds is 6. The number of anilines is 1. The second-order valence-electron chi connectivity index (χ2n) is 4.51. The molecule has 4 nitrogen and oxygen atoms in total. The summed E-state index contributed by atoms with van der Waals surface area (Å²) in [7, 11) is 1.64. The normalized spacial score (nSPS) is 10.2. The first-order valence-electron chi connectivity index (χ1n) is 6.56. The van der Waals surface area contributed by atoms with Crippen LogP contribution >= 0.6 is 15.9 Å². The minimum absolute atomic E-state index is 0.0732. The predicted molar refractivity (Wildman–Crippen MR) is 87.5 cm³/mol. The van der Waals surface area contributed by atoms with Gasteiger partial charge in [0, 0.05) is 16.7 Å². The van der Waals surface area contributed by atoms with Gasteiger partial charge in [-0.05, 0) is 35.9 Å². The third-order valence-corrected chi connectivity index (χ3v) is 3.35. The Balaban J connectivity index is 1.79. The highest BCUT2D eigenvalue weighted by atomic mass is 79.9. The van der Waals surface area contributed by atoms with Crippen molar-refractivity contribution < 1.29 is 9.53 Å². The van der Waals surface area contributed by atoms with Crippen molar-refractivity contribution in [3.63, 3.8) is 0 Å². The lowest BCUT2D eigenvalue weighted by molar-refractivity contribution is -0.115. The van der Waals surface area contributed by atoms with Crippen LogP contribution in [0.3, 0.4) is 0 Å². The van der Waals surface area contributed by atoms with Crippen LogP contribution in [0.5, 0.6) is 5.75 Å². The number of carbonyl (C=O) groups excluding carboxylic acids is 1. The fourth-order valence-corrected chi connectivity index (χ4v) is 2.27. The summed E-state index contributed by atoms with van der Waals surface area (Å²) in [4.78, 5) is 11.8. The molecule has 0 radical (unpaired) electrons. The summed E-state index contributed by atoms with van der Waals surface area (Å²) in [6, 6.07) is 15.3. The number of hydrogen-bond acceptors (Lipinski definition) is 3. The van der Waals surface area contributed by atoms with E-state index in [1.54, 1.807) is 7.11 Å². The summed E-state index contributed by atoms with van der Waals surface area (Å²) >= 11 is 3.37. The molecule has 0 bridgehead atoms. The molecule has 21 heavy (non-hydrogen) atoms. The maximum atomic E-state index is 11.8. The number of amides is 1. The highest BCUT2D eigenvalue weighted by Crippen LogP contribution is 2.15. The molecule has 2 rings (SSSR count). The van der Waals surface area contributed by atoms with E-state index in [4.69, 9.17) is 4.74 Å². The molecule has 110 valence electrons. The van der Waals surface area contributed by atoms with Gasteiger partial charge in [-0.15, -0.1) is 0 Å². The van der Waals surface area contributed by atoms with Gasteiger partial charge in [-0.1, -0.05) is 34.1 Å². The number of benzene rings is 2. The van der Waals surface area contributed by atoms with Crippen LogP contribution in [0, 0.1) is 0 Å². The highest BCUT2D eigenvalue weighted by Gasteiger charge is 2.03. The molecule has 0 saturated heterocycles. The largest absolute Gasteiger partial charge is 0.497 e. The zero-order valence-corrected chi connectivity index (χ0v) is 13.3. The van der Waals surface area contributed by atoms with E-state index in [1.165, 1.54) is 0 Å². The molecular formula is C16H17BrN2O2. The van der Waals surface area contributed by atoms with Gasteiger partial charge in [0.25, 0.3) is 0 Å². The predicted octanol–water partition coefficient (Wildman–Crippen LogP) is 3.19. The molecule has 1 amide bonds. The van der Waals surface area contributed by atoms with E-state index < -0.39 is 0 Å². The lowest BCUT2D eigenvalue weighted by Gasteiger charge is -2.08. The molecule has 0 aromatic heterocycles. The van der Waals surface area contributed by atoms with Crippen molar-refractivity contribution in [3.05, 3.63) is 58.6 Å². The zero-order valence-electron chi connectivity index (χ0n) is 11.7. The molecule has 0 unspecified atom stereocenters. The molecule has 2 N–H and O–H groups in total. The van der Waals surface area contributed by atoms with Gasteiger partial charge in [0.15, 0.2) is 0 Å². The van der Waals surface area contributed by atoms with E-state index in [0.717, 1.165) is 21.5 Å². The Labute approximate surface area is 132 Å². The lowest BCUT2D eigenvalue weighted by atomic mass is 10.2. The molecule has 0 atom stereocenters. The van der Waals surface area contributed by atoms with E-state index in [2.05, 4.69) is 26.6 Å². The van der Waals surface area contributed by atoms with Crippen molar-refractivity contribution in [2.75, 3.05) is 19.0 Å². The fourth-order valence-electron chi connectivity index (χ4n) is 1.87. The van der Waals surface area contributed by atoms with Crippen molar-refractivity contribution in [2.24, 2.45) is 0 Å². The number of hydrogen-bond donors (Lipinski definition) is 2. The Bertz CT molecular complexity index is 617. The van der Waals surface area contributed by atoms with E-state index in [1.807, 2.05) is 48.5 Å². The minimum Gasteiger partial charge on any atom is -0.497 e. The summed E-state index contributed by atoms with van der Waals surface area (Å²) in [6.07, 6.45) is 0. The van der Waals surface area contributed by atoms with Gasteiger partial charge >= 0.3 is 0 Å².